The number of hydrogen-bond donors (Lipinski definition) is 2. The number of carbonyl (C=O) groups excluding carboxylic acids is 1. The van der Waals surface area contributed by atoms with Crippen LogP contribution in [0.2, 0.25) is 0 Å². The molecule has 3 rings (SSSR count). The Morgan fingerprint density at radius 1 is 1.28 bits per heavy atom. The first-order valence-corrected chi connectivity index (χ1v) is 7.30. The highest BCUT2D eigenvalue weighted by molar-refractivity contribution is 5.90. The lowest BCUT2D eigenvalue weighted by Crippen LogP contribution is -2.28. The lowest BCUT2D eigenvalue weighted by Gasteiger charge is -2.16. The van der Waals surface area contributed by atoms with Gasteiger partial charge in [-0.15, -0.1) is 0 Å². The Morgan fingerprint density at radius 3 is 2.72 bits per heavy atom. The predicted octanol–water partition coefficient (Wildman–Crippen LogP) is 2.94. The summed E-state index contributed by atoms with van der Waals surface area (Å²) < 4.78 is 40.0. The van der Waals surface area contributed by atoms with E-state index in [-0.39, 0.29) is 11.5 Å². The molecule has 2 heterocycles. The van der Waals surface area contributed by atoms with Crippen LogP contribution in [0, 0.1) is 0 Å². The summed E-state index contributed by atoms with van der Waals surface area (Å²) in [5.41, 5.74) is 6.23. The Hall–Kier alpha value is -2.94. The molecule has 1 aromatic carbocycles. The van der Waals surface area contributed by atoms with E-state index in [1.807, 2.05) is 0 Å². The fraction of sp³-hybridized carbons (Fsp3) is 0.188. The number of nitrogens with one attached hydrogen (secondary N) is 1. The van der Waals surface area contributed by atoms with E-state index in [1.54, 1.807) is 12.1 Å². The summed E-state index contributed by atoms with van der Waals surface area (Å²) in [6.45, 7) is 1.35. The first kappa shape index (κ1) is 16.9. The van der Waals surface area contributed by atoms with E-state index in [0.29, 0.717) is 22.4 Å². The van der Waals surface area contributed by atoms with Crippen LogP contribution in [0.4, 0.5) is 19.0 Å². The zero-order valence-electron chi connectivity index (χ0n) is 13.1. The van der Waals surface area contributed by atoms with Crippen LogP contribution in [0.25, 0.3) is 16.6 Å². The standard InChI is InChI=1S/C16H14F3N5O/c1-9(25)23-14-6-13-11(7-21-14)8-22-24(13)12-4-2-3-10(5-12)15(20)16(17,18)19/h2-8,15H,20H2,1H3,(H,21,23,25). The largest absolute Gasteiger partial charge is 0.407 e. The Morgan fingerprint density at radius 2 is 2.04 bits per heavy atom. The average Bonchev–Trinajstić information content (AvgIpc) is 2.96. The number of benzene rings is 1. The maximum Gasteiger partial charge on any atom is 0.407 e. The zero-order chi connectivity index (χ0) is 18.2. The number of nitrogens with zero attached hydrogens (tertiary/aromatic N) is 3. The molecule has 0 fully saturated rings. The summed E-state index contributed by atoms with van der Waals surface area (Å²) >= 11 is 0. The van der Waals surface area contributed by atoms with Gasteiger partial charge in [-0.05, 0) is 17.7 Å². The molecule has 1 unspecified atom stereocenters. The van der Waals surface area contributed by atoms with Gasteiger partial charge < -0.3 is 11.1 Å². The minimum absolute atomic E-state index is 0.0650. The van der Waals surface area contributed by atoms with Crippen molar-refractivity contribution in [1.29, 1.82) is 0 Å². The van der Waals surface area contributed by atoms with Crippen molar-refractivity contribution in [1.82, 2.24) is 14.8 Å². The van der Waals surface area contributed by atoms with Crippen molar-refractivity contribution in [3.8, 4) is 5.69 Å². The first-order chi connectivity index (χ1) is 11.8. The van der Waals surface area contributed by atoms with Gasteiger partial charge in [-0.25, -0.2) is 9.67 Å². The van der Waals surface area contributed by atoms with Crippen LogP contribution >= 0.6 is 0 Å². The predicted molar refractivity (Wildman–Crippen MR) is 86.2 cm³/mol. The highest BCUT2D eigenvalue weighted by Crippen LogP contribution is 2.31. The normalized spacial score (nSPS) is 13.0. The smallest absolute Gasteiger partial charge is 0.316 e. The van der Waals surface area contributed by atoms with E-state index in [9.17, 15) is 18.0 Å². The average molecular weight is 349 g/mol. The van der Waals surface area contributed by atoms with Crippen molar-refractivity contribution in [3.63, 3.8) is 0 Å². The second-order valence-electron chi connectivity index (χ2n) is 5.48. The van der Waals surface area contributed by atoms with Crippen LogP contribution in [0.1, 0.15) is 18.5 Å². The van der Waals surface area contributed by atoms with Crippen molar-refractivity contribution in [3.05, 3.63) is 48.3 Å². The number of pyridine rings is 1. The number of anilines is 1. The summed E-state index contributed by atoms with van der Waals surface area (Å²) in [4.78, 5) is 15.2. The third kappa shape index (κ3) is 3.45. The molecule has 25 heavy (non-hydrogen) atoms. The van der Waals surface area contributed by atoms with Crippen LogP contribution < -0.4 is 11.1 Å². The van der Waals surface area contributed by atoms with Crippen molar-refractivity contribution in [2.75, 3.05) is 5.32 Å². The highest BCUT2D eigenvalue weighted by Gasteiger charge is 2.37. The van der Waals surface area contributed by atoms with Gasteiger partial charge in [-0.1, -0.05) is 12.1 Å². The number of hydrogen-bond acceptors (Lipinski definition) is 4. The third-order valence-electron chi connectivity index (χ3n) is 3.58. The number of halogens is 3. The lowest BCUT2D eigenvalue weighted by molar-refractivity contribution is -0.149. The second kappa shape index (κ2) is 6.17. The summed E-state index contributed by atoms with van der Waals surface area (Å²) in [5, 5.41) is 7.43. The van der Waals surface area contributed by atoms with Gasteiger partial charge in [0.15, 0.2) is 0 Å². The van der Waals surface area contributed by atoms with E-state index >= 15 is 0 Å². The van der Waals surface area contributed by atoms with Crippen LogP contribution in [0.15, 0.2) is 42.7 Å². The second-order valence-corrected chi connectivity index (χ2v) is 5.48. The quantitative estimate of drug-likeness (QED) is 0.761. The van der Waals surface area contributed by atoms with Gasteiger partial charge in [0.2, 0.25) is 5.91 Å². The van der Waals surface area contributed by atoms with E-state index in [0.717, 1.165) is 0 Å². The minimum atomic E-state index is -4.53. The molecule has 0 aliphatic rings. The Kier molecular flexibility index (Phi) is 4.17. The number of carbonyl (C=O) groups is 1. The Labute approximate surface area is 140 Å². The van der Waals surface area contributed by atoms with Crippen molar-refractivity contribution < 1.29 is 18.0 Å². The van der Waals surface area contributed by atoms with Crippen LogP contribution in [0.5, 0.6) is 0 Å². The molecule has 3 N–H and O–H groups in total. The SMILES string of the molecule is CC(=O)Nc1cc2c(cn1)cnn2-c1cccc(C(N)C(F)(F)F)c1. The summed E-state index contributed by atoms with van der Waals surface area (Å²) in [6, 6.07) is 5.28. The van der Waals surface area contributed by atoms with E-state index in [4.69, 9.17) is 5.73 Å². The molecule has 1 amide bonds. The number of aromatic nitrogens is 3. The molecule has 130 valence electrons. The molecule has 9 heteroatoms. The van der Waals surface area contributed by atoms with Crippen LogP contribution in [-0.4, -0.2) is 26.8 Å². The molecular formula is C16H14F3N5O. The van der Waals surface area contributed by atoms with Crippen molar-refractivity contribution in [2.45, 2.75) is 19.1 Å². The van der Waals surface area contributed by atoms with Gasteiger partial charge in [-0.2, -0.15) is 18.3 Å². The molecule has 0 aliphatic carbocycles. The number of rotatable bonds is 3. The maximum atomic E-state index is 12.8. The van der Waals surface area contributed by atoms with Crippen molar-refractivity contribution >= 4 is 22.6 Å². The molecule has 0 spiro atoms. The van der Waals surface area contributed by atoms with Gasteiger partial charge in [0, 0.05) is 24.6 Å². The first-order valence-electron chi connectivity index (χ1n) is 7.30. The van der Waals surface area contributed by atoms with E-state index < -0.39 is 12.2 Å². The molecule has 0 bridgehead atoms. The molecule has 0 saturated carbocycles. The molecule has 0 saturated heterocycles. The molecular weight excluding hydrogens is 335 g/mol. The number of fused-ring (bicyclic) bond motifs is 1. The highest BCUT2D eigenvalue weighted by atomic mass is 19.4. The van der Waals surface area contributed by atoms with E-state index in [2.05, 4.69) is 15.4 Å². The summed E-state index contributed by atoms with van der Waals surface area (Å²) in [7, 11) is 0. The summed E-state index contributed by atoms with van der Waals surface area (Å²) in [6.07, 6.45) is -1.47. The molecule has 1 atom stereocenters. The van der Waals surface area contributed by atoms with Crippen molar-refractivity contribution in [2.24, 2.45) is 5.73 Å². The van der Waals surface area contributed by atoms with Gasteiger partial charge in [-0.3, -0.25) is 4.79 Å². The minimum Gasteiger partial charge on any atom is -0.316 e. The monoisotopic (exact) mass is 349 g/mol. The Bertz CT molecular complexity index is 935. The maximum absolute atomic E-state index is 12.8. The van der Waals surface area contributed by atoms with Gasteiger partial charge in [0.05, 0.1) is 17.4 Å². The molecule has 6 nitrogen and oxygen atoms in total. The topological polar surface area (TPSA) is 85.8 Å². The zero-order valence-corrected chi connectivity index (χ0v) is 13.1. The number of nitrogens with two attached hydrogens (primary N) is 1. The van der Waals surface area contributed by atoms with Gasteiger partial charge >= 0.3 is 6.18 Å². The number of alkyl halides is 3. The molecule has 3 aromatic rings. The fourth-order valence-electron chi connectivity index (χ4n) is 2.41. The lowest BCUT2D eigenvalue weighted by atomic mass is 10.1. The molecule has 0 radical (unpaired) electrons. The van der Waals surface area contributed by atoms with Gasteiger partial charge in [0.25, 0.3) is 0 Å². The fourth-order valence-corrected chi connectivity index (χ4v) is 2.41. The van der Waals surface area contributed by atoms with Gasteiger partial charge in [0.1, 0.15) is 11.9 Å². The Balaban J connectivity index is 2.06. The summed E-state index contributed by atoms with van der Waals surface area (Å²) in [5.74, 6) is 0.0426. The van der Waals surface area contributed by atoms with E-state index in [1.165, 1.54) is 42.2 Å². The number of amides is 1. The molecule has 0 aliphatic heterocycles. The van der Waals surface area contributed by atoms with Crippen LogP contribution in [-0.2, 0) is 4.79 Å². The molecule has 2 aromatic heterocycles. The third-order valence-corrected chi connectivity index (χ3v) is 3.58. The van der Waals surface area contributed by atoms with Crippen LogP contribution in [0.3, 0.4) is 0 Å².